The van der Waals surface area contributed by atoms with Crippen molar-refractivity contribution in [2.75, 3.05) is 10.6 Å². The van der Waals surface area contributed by atoms with Crippen LogP contribution in [0.1, 0.15) is 23.6 Å². The first kappa shape index (κ1) is 16.1. The summed E-state index contributed by atoms with van der Waals surface area (Å²) in [6.45, 7) is 1.81. The van der Waals surface area contributed by atoms with Gasteiger partial charge in [0.05, 0.1) is 23.0 Å². The number of rotatable bonds is 3. The van der Waals surface area contributed by atoms with Crippen LogP contribution in [0.4, 0.5) is 11.5 Å². The zero-order valence-electron chi connectivity index (χ0n) is 14.3. The van der Waals surface area contributed by atoms with Crippen molar-refractivity contribution in [3.63, 3.8) is 0 Å². The number of hydrogen-bond donors (Lipinski definition) is 1. The smallest absolute Gasteiger partial charge is 0.242 e. The van der Waals surface area contributed by atoms with Crippen LogP contribution in [0.25, 0.3) is 5.69 Å². The van der Waals surface area contributed by atoms with Crippen LogP contribution >= 0.6 is 0 Å². The Kier molecular flexibility index (Phi) is 3.80. The van der Waals surface area contributed by atoms with Crippen LogP contribution in [0, 0.1) is 6.92 Å². The van der Waals surface area contributed by atoms with Gasteiger partial charge in [-0.25, -0.2) is 4.68 Å². The van der Waals surface area contributed by atoms with Crippen molar-refractivity contribution in [2.45, 2.75) is 19.3 Å². The molecule has 1 aromatic heterocycles. The zero-order valence-corrected chi connectivity index (χ0v) is 14.3. The van der Waals surface area contributed by atoms with E-state index in [1.807, 2.05) is 43.3 Å². The van der Waals surface area contributed by atoms with E-state index in [1.54, 1.807) is 28.9 Å². The maximum Gasteiger partial charge on any atom is 0.242 e. The summed E-state index contributed by atoms with van der Waals surface area (Å²) in [7, 11) is 0. The molecule has 4 rings (SSSR count). The predicted octanol–water partition coefficient (Wildman–Crippen LogP) is 2.81. The minimum Gasteiger partial charge on any atom is -0.383 e. The molecule has 1 fully saturated rings. The molecule has 6 heteroatoms. The highest BCUT2D eigenvalue weighted by Gasteiger charge is 2.43. The second-order valence-electron chi connectivity index (χ2n) is 6.29. The molecule has 2 N–H and O–H groups in total. The van der Waals surface area contributed by atoms with E-state index in [-0.39, 0.29) is 18.2 Å². The first-order valence-corrected chi connectivity index (χ1v) is 8.40. The minimum absolute atomic E-state index is 0.0965. The van der Waals surface area contributed by atoms with Gasteiger partial charge in [0, 0.05) is 12.0 Å². The Bertz CT molecular complexity index is 980. The van der Waals surface area contributed by atoms with Gasteiger partial charge in [-0.2, -0.15) is 5.10 Å². The highest BCUT2D eigenvalue weighted by Crippen LogP contribution is 2.37. The van der Waals surface area contributed by atoms with Crippen LogP contribution in [0.3, 0.4) is 0 Å². The van der Waals surface area contributed by atoms with Gasteiger partial charge in [0.2, 0.25) is 11.8 Å². The number of benzene rings is 2. The molecule has 3 aromatic rings. The van der Waals surface area contributed by atoms with Crippen LogP contribution < -0.4 is 10.6 Å². The average molecular weight is 346 g/mol. The van der Waals surface area contributed by atoms with Crippen molar-refractivity contribution in [1.82, 2.24) is 9.78 Å². The second-order valence-corrected chi connectivity index (χ2v) is 6.29. The van der Waals surface area contributed by atoms with E-state index in [1.165, 1.54) is 4.90 Å². The SMILES string of the molecule is Cc1nn(-c2ccccc2)c(N)c1[C@@H]1CC(=O)N(c2ccccc2)C1=O. The Hall–Kier alpha value is -3.41. The molecule has 0 bridgehead atoms. The molecule has 1 aliphatic heterocycles. The van der Waals surface area contributed by atoms with E-state index in [0.717, 1.165) is 5.69 Å². The minimum atomic E-state index is -0.611. The van der Waals surface area contributed by atoms with Gasteiger partial charge in [0.15, 0.2) is 0 Å². The van der Waals surface area contributed by atoms with Crippen LogP contribution in [-0.4, -0.2) is 21.6 Å². The number of carbonyl (C=O) groups excluding carboxylic acids is 2. The molecule has 0 unspecified atom stereocenters. The highest BCUT2D eigenvalue weighted by atomic mass is 16.2. The van der Waals surface area contributed by atoms with E-state index >= 15 is 0 Å². The molecule has 1 saturated heterocycles. The summed E-state index contributed by atoms with van der Waals surface area (Å²) in [5, 5.41) is 4.49. The molecule has 1 atom stereocenters. The molecule has 6 nitrogen and oxygen atoms in total. The third kappa shape index (κ3) is 2.47. The number of para-hydroxylation sites is 2. The monoisotopic (exact) mass is 346 g/mol. The lowest BCUT2D eigenvalue weighted by molar-refractivity contribution is -0.121. The summed E-state index contributed by atoms with van der Waals surface area (Å²) in [4.78, 5) is 26.7. The fourth-order valence-corrected chi connectivity index (χ4v) is 3.46. The van der Waals surface area contributed by atoms with Crippen molar-refractivity contribution in [1.29, 1.82) is 0 Å². The molecule has 2 aromatic carbocycles. The number of amides is 2. The number of carbonyl (C=O) groups is 2. The highest BCUT2D eigenvalue weighted by molar-refractivity contribution is 6.23. The Morgan fingerprint density at radius 3 is 2.15 bits per heavy atom. The van der Waals surface area contributed by atoms with Gasteiger partial charge in [0.25, 0.3) is 0 Å². The van der Waals surface area contributed by atoms with Crippen LogP contribution in [0.5, 0.6) is 0 Å². The predicted molar refractivity (Wildman–Crippen MR) is 99.0 cm³/mol. The molecule has 0 saturated carbocycles. The molecule has 1 aliphatic rings. The first-order chi connectivity index (χ1) is 12.6. The number of aromatic nitrogens is 2. The van der Waals surface area contributed by atoms with Crippen LogP contribution in [0.15, 0.2) is 60.7 Å². The van der Waals surface area contributed by atoms with Crippen molar-refractivity contribution in [3.8, 4) is 5.69 Å². The van der Waals surface area contributed by atoms with Gasteiger partial charge in [-0.3, -0.25) is 14.5 Å². The Labute approximate surface area is 150 Å². The van der Waals surface area contributed by atoms with Crippen molar-refractivity contribution < 1.29 is 9.59 Å². The molecular weight excluding hydrogens is 328 g/mol. The number of nitrogens with two attached hydrogens (primary N) is 1. The molecular formula is C20H18N4O2. The number of anilines is 2. The van der Waals surface area contributed by atoms with Crippen LogP contribution in [-0.2, 0) is 9.59 Å². The maximum absolute atomic E-state index is 13.0. The van der Waals surface area contributed by atoms with Gasteiger partial charge in [-0.1, -0.05) is 36.4 Å². The topological polar surface area (TPSA) is 81.2 Å². The molecule has 0 radical (unpaired) electrons. The van der Waals surface area contributed by atoms with Gasteiger partial charge in [0.1, 0.15) is 5.82 Å². The summed E-state index contributed by atoms with van der Waals surface area (Å²) in [5.41, 5.74) is 9.01. The van der Waals surface area contributed by atoms with Gasteiger partial charge < -0.3 is 5.73 Å². The Morgan fingerprint density at radius 2 is 1.54 bits per heavy atom. The summed E-state index contributed by atoms with van der Waals surface area (Å²) in [6, 6.07) is 18.4. The average Bonchev–Trinajstić information content (AvgIpc) is 3.11. The second kappa shape index (κ2) is 6.15. The lowest BCUT2D eigenvalue weighted by atomic mass is 9.97. The quantitative estimate of drug-likeness (QED) is 0.740. The van der Waals surface area contributed by atoms with Crippen LogP contribution in [0.2, 0.25) is 0 Å². The molecule has 26 heavy (non-hydrogen) atoms. The number of imide groups is 1. The lowest BCUT2D eigenvalue weighted by Gasteiger charge is -2.15. The maximum atomic E-state index is 13.0. The third-order valence-electron chi connectivity index (χ3n) is 4.65. The third-order valence-corrected chi connectivity index (χ3v) is 4.65. The summed E-state index contributed by atoms with van der Waals surface area (Å²) >= 11 is 0. The van der Waals surface area contributed by atoms with Crippen molar-refractivity contribution in [2.24, 2.45) is 0 Å². The Morgan fingerprint density at radius 1 is 0.962 bits per heavy atom. The summed E-state index contributed by atoms with van der Waals surface area (Å²) < 4.78 is 1.62. The summed E-state index contributed by atoms with van der Waals surface area (Å²) in [6.07, 6.45) is 0.0965. The first-order valence-electron chi connectivity index (χ1n) is 8.40. The number of nitrogen functional groups attached to an aromatic ring is 1. The van der Waals surface area contributed by atoms with E-state index in [9.17, 15) is 9.59 Å². The fraction of sp³-hybridized carbons (Fsp3) is 0.150. The van der Waals surface area contributed by atoms with E-state index in [0.29, 0.717) is 22.8 Å². The number of nitrogens with zero attached hydrogens (tertiary/aromatic N) is 3. The van der Waals surface area contributed by atoms with Gasteiger partial charge >= 0.3 is 0 Å². The molecule has 2 amide bonds. The van der Waals surface area contributed by atoms with Crippen molar-refractivity contribution >= 4 is 23.3 Å². The van der Waals surface area contributed by atoms with Gasteiger partial charge in [-0.05, 0) is 31.2 Å². The summed E-state index contributed by atoms with van der Waals surface area (Å²) in [5.74, 6) is -0.698. The largest absolute Gasteiger partial charge is 0.383 e. The normalized spacial score (nSPS) is 17.1. The molecule has 2 heterocycles. The van der Waals surface area contributed by atoms with Crippen molar-refractivity contribution in [3.05, 3.63) is 71.9 Å². The lowest BCUT2D eigenvalue weighted by Crippen LogP contribution is -2.30. The number of hydrogen-bond acceptors (Lipinski definition) is 4. The van der Waals surface area contributed by atoms with E-state index in [2.05, 4.69) is 5.10 Å². The fourth-order valence-electron chi connectivity index (χ4n) is 3.46. The Balaban J connectivity index is 1.74. The standard InChI is InChI=1S/C20H18N4O2/c1-13-18(19(21)24(22-13)15-10-6-3-7-11-15)16-12-17(25)23(20(16)26)14-8-4-2-5-9-14/h2-11,16H,12,21H2,1H3/t16-/m0/s1. The van der Waals surface area contributed by atoms with E-state index in [4.69, 9.17) is 5.73 Å². The number of aryl methyl sites for hydroxylation is 1. The molecule has 0 spiro atoms. The van der Waals surface area contributed by atoms with Gasteiger partial charge in [-0.15, -0.1) is 0 Å². The molecule has 130 valence electrons. The zero-order chi connectivity index (χ0) is 18.3. The van der Waals surface area contributed by atoms with E-state index < -0.39 is 5.92 Å². The molecule has 0 aliphatic carbocycles.